The van der Waals surface area contributed by atoms with E-state index in [9.17, 15) is 13.2 Å². The van der Waals surface area contributed by atoms with Crippen LogP contribution in [0.5, 0.6) is 0 Å². The quantitative estimate of drug-likeness (QED) is 0.555. The van der Waals surface area contributed by atoms with Crippen LogP contribution in [-0.4, -0.2) is 41.4 Å². The molecule has 1 aromatic heterocycles. The van der Waals surface area contributed by atoms with Crippen LogP contribution in [0.15, 0.2) is 47.4 Å². The molecule has 0 saturated heterocycles. The molecule has 32 heavy (non-hydrogen) atoms. The molecule has 10 heteroatoms. The van der Waals surface area contributed by atoms with Gasteiger partial charge in [-0.1, -0.05) is 41.4 Å². The largest absolute Gasteiger partial charge is 0.350 e. The molecule has 168 valence electrons. The van der Waals surface area contributed by atoms with E-state index in [2.05, 4.69) is 15.5 Å². The Morgan fingerprint density at radius 1 is 1.12 bits per heavy atom. The van der Waals surface area contributed by atoms with Crippen molar-refractivity contribution in [2.24, 2.45) is 0 Å². The lowest BCUT2D eigenvalue weighted by molar-refractivity contribution is 0.0943. The predicted octanol–water partition coefficient (Wildman–Crippen LogP) is 4.27. The Labute approximate surface area is 196 Å². The van der Waals surface area contributed by atoms with Crippen molar-refractivity contribution in [1.82, 2.24) is 19.8 Å². The van der Waals surface area contributed by atoms with Crippen molar-refractivity contribution in [2.45, 2.75) is 37.8 Å². The molecule has 4 rings (SSSR count). The van der Waals surface area contributed by atoms with Crippen molar-refractivity contribution in [3.8, 4) is 11.3 Å². The van der Waals surface area contributed by atoms with E-state index in [4.69, 9.17) is 23.2 Å². The van der Waals surface area contributed by atoms with Crippen LogP contribution in [0, 0.1) is 0 Å². The molecule has 0 atom stereocenters. The van der Waals surface area contributed by atoms with Crippen molar-refractivity contribution in [2.75, 3.05) is 6.54 Å². The number of aromatic amines is 1. The lowest BCUT2D eigenvalue weighted by atomic mass is 10.0. The average Bonchev–Trinajstić information content (AvgIpc) is 3.16. The molecule has 7 nitrogen and oxygen atoms in total. The monoisotopic (exact) mass is 492 g/mol. The summed E-state index contributed by atoms with van der Waals surface area (Å²) in [6.45, 7) is 4.23. The van der Waals surface area contributed by atoms with Crippen molar-refractivity contribution >= 4 is 39.1 Å². The molecule has 3 aromatic rings. The molecule has 1 aliphatic rings. The molecule has 0 aliphatic carbocycles. The summed E-state index contributed by atoms with van der Waals surface area (Å²) in [6, 6.07) is 11.8. The van der Waals surface area contributed by atoms with Gasteiger partial charge in [-0.05, 0) is 38.1 Å². The normalized spacial score (nSPS) is 14.4. The minimum absolute atomic E-state index is 0.0417. The van der Waals surface area contributed by atoms with Crippen LogP contribution >= 0.6 is 23.2 Å². The van der Waals surface area contributed by atoms with E-state index in [0.717, 1.165) is 16.8 Å². The first-order valence-corrected chi connectivity index (χ1v) is 12.3. The highest BCUT2D eigenvalue weighted by Gasteiger charge is 2.34. The number of benzene rings is 2. The Balaban J connectivity index is 1.63. The molecule has 2 N–H and O–H groups in total. The van der Waals surface area contributed by atoms with Crippen molar-refractivity contribution in [1.29, 1.82) is 0 Å². The summed E-state index contributed by atoms with van der Waals surface area (Å²) in [4.78, 5) is 12.1. The predicted molar refractivity (Wildman–Crippen MR) is 124 cm³/mol. The third kappa shape index (κ3) is 4.28. The number of aromatic nitrogens is 2. The van der Waals surface area contributed by atoms with Crippen LogP contribution in [0.3, 0.4) is 0 Å². The summed E-state index contributed by atoms with van der Waals surface area (Å²) in [7, 11) is -3.90. The van der Waals surface area contributed by atoms with Gasteiger partial charge in [-0.25, -0.2) is 8.42 Å². The van der Waals surface area contributed by atoms with Gasteiger partial charge in [-0.15, -0.1) is 0 Å². The van der Waals surface area contributed by atoms with Crippen LogP contribution in [0.2, 0.25) is 10.0 Å². The fraction of sp³-hybridized carbons (Fsp3) is 0.273. The smallest absolute Gasteiger partial charge is 0.251 e. The van der Waals surface area contributed by atoms with E-state index >= 15 is 0 Å². The number of nitrogens with zero attached hydrogens (tertiary/aromatic N) is 2. The van der Waals surface area contributed by atoms with E-state index < -0.39 is 10.0 Å². The topological polar surface area (TPSA) is 95.2 Å². The number of rotatable bonds is 5. The lowest BCUT2D eigenvalue weighted by Gasteiger charge is -2.27. The van der Waals surface area contributed by atoms with Gasteiger partial charge in [-0.2, -0.15) is 9.40 Å². The van der Waals surface area contributed by atoms with Gasteiger partial charge in [-0.3, -0.25) is 9.89 Å². The highest BCUT2D eigenvalue weighted by atomic mass is 35.5. The van der Waals surface area contributed by atoms with Gasteiger partial charge < -0.3 is 5.32 Å². The second kappa shape index (κ2) is 8.86. The lowest BCUT2D eigenvalue weighted by Crippen LogP contribution is -2.36. The molecule has 0 spiro atoms. The zero-order valence-corrected chi connectivity index (χ0v) is 19.9. The molecule has 2 aromatic carbocycles. The SMILES string of the molecule is CC(C)NC(=O)c1ccc(-c2n[nH]c3c2CN(S(=O)(=O)c2c(Cl)cccc2Cl)CC3)cc1. The van der Waals surface area contributed by atoms with Gasteiger partial charge >= 0.3 is 0 Å². The number of amides is 1. The Hall–Kier alpha value is -2.39. The van der Waals surface area contributed by atoms with Crippen molar-refractivity contribution in [3.63, 3.8) is 0 Å². The summed E-state index contributed by atoms with van der Waals surface area (Å²) in [6.07, 6.45) is 0.485. The summed E-state index contributed by atoms with van der Waals surface area (Å²) < 4.78 is 28.0. The molecule has 0 saturated carbocycles. The molecule has 2 heterocycles. The molecular weight excluding hydrogens is 471 g/mol. The maximum atomic E-state index is 13.3. The Kier molecular flexibility index (Phi) is 6.31. The number of fused-ring (bicyclic) bond motifs is 1. The first-order valence-electron chi connectivity index (χ1n) is 10.1. The van der Waals surface area contributed by atoms with E-state index in [1.807, 2.05) is 26.0 Å². The summed E-state index contributed by atoms with van der Waals surface area (Å²) in [5.41, 5.74) is 3.67. The zero-order valence-electron chi connectivity index (χ0n) is 17.5. The van der Waals surface area contributed by atoms with E-state index in [1.165, 1.54) is 16.4 Å². The third-order valence-corrected chi connectivity index (χ3v) is 8.06. The van der Waals surface area contributed by atoms with Gasteiger partial charge in [0.2, 0.25) is 10.0 Å². The minimum Gasteiger partial charge on any atom is -0.350 e. The maximum Gasteiger partial charge on any atom is 0.251 e. The van der Waals surface area contributed by atoms with Gasteiger partial charge in [0, 0.05) is 47.9 Å². The van der Waals surface area contributed by atoms with E-state index in [-0.39, 0.29) is 40.0 Å². The van der Waals surface area contributed by atoms with Crippen LogP contribution in [0.4, 0.5) is 0 Å². The number of hydrogen-bond acceptors (Lipinski definition) is 4. The number of carbonyl (C=O) groups is 1. The van der Waals surface area contributed by atoms with Crippen LogP contribution < -0.4 is 5.32 Å². The second-order valence-electron chi connectivity index (χ2n) is 7.87. The summed E-state index contributed by atoms with van der Waals surface area (Å²) >= 11 is 12.3. The molecule has 1 amide bonds. The number of carbonyl (C=O) groups excluding carboxylic acids is 1. The Morgan fingerprint density at radius 3 is 2.41 bits per heavy atom. The highest BCUT2D eigenvalue weighted by molar-refractivity contribution is 7.89. The average molecular weight is 493 g/mol. The number of H-pyrrole nitrogens is 1. The molecule has 0 radical (unpaired) electrons. The fourth-order valence-electron chi connectivity index (χ4n) is 3.70. The zero-order chi connectivity index (χ0) is 23.0. The molecule has 0 unspecified atom stereocenters. The summed E-state index contributed by atoms with van der Waals surface area (Å²) in [5.74, 6) is -0.149. The highest BCUT2D eigenvalue weighted by Crippen LogP contribution is 2.35. The number of sulfonamides is 1. The number of hydrogen-bond donors (Lipinski definition) is 2. The minimum atomic E-state index is -3.90. The van der Waals surface area contributed by atoms with Crippen LogP contribution in [0.1, 0.15) is 35.5 Å². The van der Waals surface area contributed by atoms with Gasteiger partial charge in [0.05, 0.1) is 15.7 Å². The first-order chi connectivity index (χ1) is 15.2. The third-order valence-electron chi connectivity index (χ3n) is 5.26. The van der Waals surface area contributed by atoms with Crippen molar-refractivity contribution in [3.05, 3.63) is 69.3 Å². The van der Waals surface area contributed by atoms with Crippen molar-refractivity contribution < 1.29 is 13.2 Å². The van der Waals surface area contributed by atoms with Gasteiger partial charge in [0.15, 0.2) is 0 Å². The first kappa shape index (κ1) is 22.8. The Morgan fingerprint density at radius 2 is 1.78 bits per heavy atom. The summed E-state index contributed by atoms with van der Waals surface area (Å²) in [5, 5.41) is 10.5. The molecule has 0 fully saturated rings. The van der Waals surface area contributed by atoms with E-state index in [0.29, 0.717) is 17.7 Å². The molecular formula is C22H22Cl2N4O3S. The van der Waals surface area contributed by atoms with Crippen LogP contribution in [-0.2, 0) is 23.0 Å². The van der Waals surface area contributed by atoms with Gasteiger partial charge in [0.1, 0.15) is 4.90 Å². The fourth-order valence-corrected chi connectivity index (χ4v) is 6.20. The molecule has 0 bridgehead atoms. The standard InChI is InChI=1S/C22H22Cl2N4O3S/c1-13(2)25-22(29)15-8-6-14(7-9-15)20-16-12-28(11-10-19(16)26-27-20)32(30,31)21-17(23)4-3-5-18(21)24/h3-9,13H,10-12H2,1-2H3,(H,25,29)(H,26,27). The second-order valence-corrected chi connectivity index (χ2v) is 10.6. The molecule has 1 aliphatic heterocycles. The number of nitrogens with one attached hydrogen (secondary N) is 2. The number of halogens is 2. The maximum absolute atomic E-state index is 13.3. The Bertz CT molecular complexity index is 1250. The van der Waals surface area contributed by atoms with Gasteiger partial charge in [0.25, 0.3) is 5.91 Å². The van der Waals surface area contributed by atoms with Crippen LogP contribution in [0.25, 0.3) is 11.3 Å². The van der Waals surface area contributed by atoms with E-state index in [1.54, 1.807) is 18.2 Å².